The number of nitrogens with zero attached hydrogens (tertiary/aromatic N) is 2. The first-order valence-corrected chi connectivity index (χ1v) is 5.78. The van der Waals surface area contributed by atoms with Gasteiger partial charge in [-0.15, -0.1) is 0 Å². The zero-order valence-corrected chi connectivity index (χ0v) is 10.1. The van der Waals surface area contributed by atoms with Gasteiger partial charge in [0.15, 0.2) is 0 Å². The van der Waals surface area contributed by atoms with Crippen LogP contribution in [0.15, 0.2) is 18.2 Å². The van der Waals surface area contributed by atoms with Gasteiger partial charge >= 0.3 is 0 Å². The molecule has 0 radical (unpaired) electrons. The monoisotopic (exact) mass is 235 g/mol. The first-order valence-electron chi connectivity index (χ1n) is 5.78. The van der Waals surface area contributed by atoms with Gasteiger partial charge in [-0.3, -0.25) is 10.1 Å². The molecule has 1 fully saturated rings. The number of nitro groups is 1. The molecule has 1 atom stereocenters. The van der Waals surface area contributed by atoms with Crippen molar-refractivity contribution in [2.24, 2.45) is 0 Å². The molecule has 0 spiro atoms. The van der Waals surface area contributed by atoms with Gasteiger partial charge in [0.05, 0.1) is 4.92 Å². The second-order valence-electron chi connectivity index (χ2n) is 4.50. The Kier molecular flexibility index (Phi) is 3.28. The van der Waals surface area contributed by atoms with Gasteiger partial charge < -0.3 is 10.2 Å². The van der Waals surface area contributed by atoms with E-state index in [0.717, 1.165) is 30.8 Å². The average molecular weight is 235 g/mol. The molecule has 0 aliphatic carbocycles. The van der Waals surface area contributed by atoms with Crippen LogP contribution in [0, 0.1) is 17.0 Å². The van der Waals surface area contributed by atoms with Crippen molar-refractivity contribution >= 4 is 11.4 Å². The van der Waals surface area contributed by atoms with Crippen LogP contribution in [0.4, 0.5) is 11.4 Å². The zero-order valence-electron chi connectivity index (χ0n) is 10.1. The van der Waals surface area contributed by atoms with E-state index in [1.807, 2.05) is 20.0 Å². The topological polar surface area (TPSA) is 58.4 Å². The van der Waals surface area contributed by atoms with Gasteiger partial charge in [0.1, 0.15) is 0 Å². The Labute approximate surface area is 101 Å². The summed E-state index contributed by atoms with van der Waals surface area (Å²) in [4.78, 5) is 12.7. The van der Waals surface area contributed by atoms with Gasteiger partial charge in [0.2, 0.25) is 0 Å². The summed E-state index contributed by atoms with van der Waals surface area (Å²) in [5.74, 6) is 0. The standard InChI is InChI=1S/C12H17N3O2/c1-9-5-11(7-12(6-9)15(16)17)14-4-3-10(8-14)13-2/h5-7,10,13H,3-4,8H2,1-2H3. The Morgan fingerprint density at radius 3 is 2.82 bits per heavy atom. The molecule has 2 rings (SSSR count). The first kappa shape index (κ1) is 11.9. The number of hydrogen-bond donors (Lipinski definition) is 1. The summed E-state index contributed by atoms with van der Waals surface area (Å²) in [5, 5.41) is 14.1. The van der Waals surface area contributed by atoms with Crippen molar-refractivity contribution in [3.05, 3.63) is 33.9 Å². The first-order chi connectivity index (χ1) is 8.10. The van der Waals surface area contributed by atoms with E-state index in [9.17, 15) is 10.1 Å². The molecule has 17 heavy (non-hydrogen) atoms. The summed E-state index contributed by atoms with van der Waals surface area (Å²) in [6.45, 7) is 3.76. The van der Waals surface area contributed by atoms with Crippen molar-refractivity contribution in [1.82, 2.24) is 5.32 Å². The Hall–Kier alpha value is -1.62. The Balaban J connectivity index is 2.24. The van der Waals surface area contributed by atoms with Gasteiger partial charge in [-0.2, -0.15) is 0 Å². The summed E-state index contributed by atoms with van der Waals surface area (Å²) < 4.78 is 0. The minimum absolute atomic E-state index is 0.174. The summed E-state index contributed by atoms with van der Waals surface area (Å²) in [5.41, 5.74) is 2.06. The molecule has 5 heteroatoms. The summed E-state index contributed by atoms with van der Waals surface area (Å²) in [7, 11) is 1.95. The molecule has 92 valence electrons. The third kappa shape index (κ3) is 2.55. The Bertz CT molecular complexity index is 434. The van der Waals surface area contributed by atoms with Crippen LogP contribution in [0.5, 0.6) is 0 Å². The van der Waals surface area contributed by atoms with Crippen molar-refractivity contribution < 1.29 is 4.92 Å². The molecule has 0 saturated carbocycles. The highest BCUT2D eigenvalue weighted by atomic mass is 16.6. The number of likely N-dealkylation sites (N-methyl/N-ethyl adjacent to an activating group) is 1. The summed E-state index contributed by atoms with van der Waals surface area (Å²) >= 11 is 0. The molecule has 1 saturated heterocycles. The Morgan fingerprint density at radius 2 is 2.24 bits per heavy atom. The third-order valence-electron chi connectivity index (χ3n) is 3.22. The average Bonchev–Trinajstić information content (AvgIpc) is 2.76. The van der Waals surface area contributed by atoms with Crippen molar-refractivity contribution in [2.75, 3.05) is 25.0 Å². The third-order valence-corrected chi connectivity index (χ3v) is 3.22. The molecular weight excluding hydrogens is 218 g/mol. The molecular formula is C12H17N3O2. The number of nitrogens with one attached hydrogen (secondary N) is 1. The molecule has 0 amide bonds. The molecule has 1 aromatic carbocycles. The number of hydrogen-bond acceptors (Lipinski definition) is 4. The molecule has 1 unspecified atom stereocenters. The van der Waals surface area contributed by atoms with E-state index >= 15 is 0 Å². The number of aryl methyl sites for hydroxylation is 1. The Morgan fingerprint density at radius 1 is 1.47 bits per heavy atom. The van der Waals surface area contributed by atoms with Crippen LogP contribution >= 0.6 is 0 Å². The lowest BCUT2D eigenvalue weighted by molar-refractivity contribution is -0.384. The van der Waals surface area contributed by atoms with E-state index in [4.69, 9.17) is 0 Å². The fraction of sp³-hybridized carbons (Fsp3) is 0.500. The van der Waals surface area contributed by atoms with Crippen LogP contribution in [0.3, 0.4) is 0 Å². The van der Waals surface area contributed by atoms with E-state index in [2.05, 4.69) is 10.2 Å². The van der Waals surface area contributed by atoms with Gasteiger partial charge in [0.25, 0.3) is 5.69 Å². The van der Waals surface area contributed by atoms with Crippen molar-refractivity contribution in [1.29, 1.82) is 0 Å². The van der Waals surface area contributed by atoms with Crippen LogP contribution in [0.25, 0.3) is 0 Å². The number of rotatable bonds is 3. The van der Waals surface area contributed by atoms with E-state index in [0.29, 0.717) is 6.04 Å². The molecule has 1 heterocycles. The van der Waals surface area contributed by atoms with Crippen molar-refractivity contribution in [3.63, 3.8) is 0 Å². The molecule has 1 N–H and O–H groups in total. The minimum Gasteiger partial charge on any atom is -0.370 e. The van der Waals surface area contributed by atoms with Gasteiger partial charge in [-0.25, -0.2) is 0 Å². The highest BCUT2D eigenvalue weighted by Gasteiger charge is 2.22. The fourth-order valence-electron chi connectivity index (χ4n) is 2.26. The summed E-state index contributed by atoms with van der Waals surface area (Å²) in [6, 6.07) is 5.75. The maximum atomic E-state index is 10.8. The zero-order chi connectivity index (χ0) is 12.4. The van der Waals surface area contributed by atoms with Crippen LogP contribution in [0.1, 0.15) is 12.0 Å². The maximum absolute atomic E-state index is 10.8. The molecule has 0 bridgehead atoms. The molecule has 1 aliphatic heterocycles. The lowest BCUT2D eigenvalue weighted by atomic mass is 10.2. The molecule has 1 aliphatic rings. The highest BCUT2D eigenvalue weighted by molar-refractivity contribution is 5.56. The van der Waals surface area contributed by atoms with E-state index in [1.54, 1.807) is 12.1 Å². The predicted octanol–water partition coefficient (Wildman–Crippen LogP) is 1.70. The second kappa shape index (κ2) is 4.71. The lowest BCUT2D eigenvalue weighted by Crippen LogP contribution is -2.29. The quantitative estimate of drug-likeness (QED) is 0.640. The van der Waals surface area contributed by atoms with Crippen LogP contribution in [0.2, 0.25) is 0 Å². The molecule has 0 aromatic heterocycles. The lowest BCUT2D eigenvalue weighted by Gasteiger charge is -2.18. The van der Waals surface area contributed by atoms with Crippen molar-refractivity contribution in [3.8, 4) is 0 Å². The second-order valence-corrected chi connectivity index (χ2v) is 4.50. The van der Waals surface area contributed by atoms with Gasteiger partial charge in [0, 0.05) is 37.0 Å². The maximum Gasteiger partial charge on any atom is 0.271 e. The van der Waals surface area contributed by atoms with E-state index in [-0.39, 0.29) is 10.6 Å². The predicted molar refractivity (Wildman–Crippen MR) is 67.5 cm³/mol. The van der Waals surface area contributed by atoms with Crippen LogP contribution in [-0.4, -0.2) is 31.1 Å². The van der Waals surface area contributed by atoms with Gasteiger partial charge in [-0.1, -0.05) is 0 Å². The minimum atomic E-state index is -0.331. The number of anilines is 1. The molecule has 1 aromatic rings. The summed E-state index contributed by atoms with van der Waals surface area (Å²) in [6.07, 6.45) is 1.08. The normalized spacial score (nSPS) is 19.6. The van der Waals surface area contributed by atoms with Gasteiger partial charge in [-0.05, 0) is 32.0 Å². The van der Waals surface area contributed by atoms with Crippen LogP contribution < -0.4 is 10.2 Å². The largest absolute Gasteiger partial charge is 0.370 e. The number of benzene rings is 1. The number of non-ortho nitro benzene ring substituents is 1. The number of nitro benzene ring substituents is 1. The van der Waals surface area contributed by atoms with E-state index < -0.39 is 0 Å². The van der Waals surface area contributed by atoms with E-state index in [1.165, 1.54) is 0 Å². The van der Waals surface area contributed by atoms with Crippen molar-refractivity contribution in [2.45, 2.75) is 19.4 Å². The smallest absolute Gasteiger partial charge is 0.271 e. The SMILES string of the molecule is CNC1CCN(c2cc(C)cc([N+](=O)[O-])c2)C1. The molecule has 5 nitrogen and oxygen atoms in total. The fourth-order valence-corrected chi connectivity index (χ4v) is 2.26. The highest BCUT2D eigenvalue weighted by Crippen LogP contribution is 2.26. The van der Waals surface area contributed by atoms with Crippen LogP contribution in [-0.2, 0) is 0 Å².